The normalized spacial score (nSPS) is 28.5. The van der Waals surface area contributed by atoms with Crippen LogP contribution in [0.25, 0.3) is 0 Å². The van der Waals surface area contributed by atoms with E-state index < -0.39 is 32.8 Å². The van der Waals surface area contributed by atoms with Crippen LogP contribution in [0.4, 0.5) is 11.4 Å². The number of anilines is 2. The molecule has 4 N–H and O–H groups in total. The summed E-state index contributed by atoms with van der Waals surface area (Å²) in [5, 5.41) is 12.0. The monoisotopic (exact) mass is 466 g/mol. The molecule has 4 rings (SSSR count). The molecule has 0 aromatic heterocycles. The topological polar surface area (TPSA) is 141 Å². The highest BCUT2D eigenvalue weighted by atomic mass is 32.2. The highest BCUT2D eigenvalue weighted by molar-refractivity contribution is 7.86. The van der Waals surface area contributed by atoms with Crippen LogP contribution in [-0.2, 0) is 25.3 Å². The Hall–Kier alpha value is -2.57. The summed E-state index contributed by atoms with van der Waals surface area (Å²) in [6, 6.07) is 9.65. The van der Waals surface area contributed by atoms with Crippen molar-refractivity contribution in [3.63, 3.8) is 0 Å². The van der Waals surface area contributed by atoms with Gasteiger partial charge in [0.2, 0.25) is 5.72 Å². The molecular formula is C21H26N2O8S. The van der Waals surface area contributed by atoms with Gasteiger partial charge in [-0.25, -0.2) is 0 Å². The summed E-state index contributed by atoms with van der Waals surface area (Å²) >= 11 is 0. The highest BCUT2D eigenvalue weighted by Gasteiger charge is 2.72. The molecule has 0 radical (unpaired) electrons. The van der Waals surface area contributed by atoms with Gasteiger partial charge in [-0.2, -0.15) is 8.42 Å². The fourth-order valence-corrected chi connectivity index (χ4v) is 5.32. The number of aliphatic hydroxyl groups is 1. The maximum atomic E-state index is 12.5. The first-order valence-corrected chi connectivity index (χ1v) is 11.3. The van der Waals surface area contributed by atoms with Gasteiger partial charge in [-0.05, 0) is 56.7 Å². The van der Waals surface area contributed by atoms with Crippen molar-refractivity contribution in [2.24, 2.45) is 0 Å². The number of nitrogens with zero attached hydrogens (tertiary/aromatic N) is 1. The molecule has 2 aliphatic heterocycles. The number of methoxy groups -OCH3 is 2. The number of rotatable bonds is 4. The summed E-state index contributed by atoms with van der Waals surface area (Å²) in [5.74, 6) is -1.85. The first-order chi connectivity index (χ1) is 14.8. The van der Waals surface area contributed by atoms with Crippen LogP contribution in [0.3, 0.4) is 0 Å². The molecule has 11 heteroatoms. The van der Waals surface area contributed by atoms with Crippen molar-refractivity contribution in [3.05, 3.63) is 47.5 Å². The molecule has 174 valence electrons. The van der Waals surface area contributed by atoms with Crippen molar-refractivity contribution in [1.29, 1.82) is 0 Å². The molecule has 2 aromatic rings. The standard InChI is InChI=1S/C21H26N2O8S/c1-12-6-8-15-17(10-12)30-18(32(25,26)27)23(15)20(28-4)14-11-13(22)7-9-16(14)31-19(2,3)21(20,24)29-5/h6-11,18,24H,22H2,1-5H3,(H,25,26,27). The Bertz CT molecular complexity index is 1180. The second-order valence-electron chi connectivity index (χ2n) is 8.35. The molecule has 0 fully saturated rings. The zero-order valence-electron chi connectivity index (χ0n) is 18.3. The third-order valence-corrected chi connectivity index (χ3v) is 6.82. The minimum absolute atomic E-state index is 0.178. The third kappa shape index (κ3) is 2.82. The first-order valence-electron chi connectivity index (χ1n) is 9.77. The van der Waals surface area contributed by atoms with E-state index in [4.69, 9.17) is 24.7 Å². The van der Waals surface area contributed by atoms with E-state index in [1.165, 1.54) is 20.3 Å². The maximum absolute atomic E-state index is 12.5. The maximum Gasteiger partial charge on any atom is 0.324 e. The summed E-state index contributed by atoms with van der Waals surface area (Å²) in [6.45, 7) is 4.94. The second-order valence-corrected chi connectivity index (χ2v) is 9.78. The highest BCUT2D eigenvalue weighted by Crippen LogP contribution is 2.58. The van der Waals surface area contributed by atoms with E-state index in [9.17, 15) is 18.1 Å². The van der Waals surface area contributed by atoms with Gasteiger partial charge < -0.3 is 29.8 Å². The molecule has 0 spiro atoms. The van der Waals surface area contributed by atoms with Gasteiger partial charge in [-0.15, -0.1) is 0 Å². The molecule has 10 nitrogen and oxygen atoms in total. The molecule has 32 heavy (non-hydrogen) atoms. The Balaban J connectivity index is 2.15. The van der Waals surface area contributed by atoms with Crippen LogP contribution in [-0.4, -0.2) is 49.2 Å². The lowest BCUT2D eigenvalue weighted by atomic mass is 9.78. The number of fused-ring (bicyclic) bond motifs is 2. The lowest BCUT2D eigenvalue weighted by molar-refractivity contribution is -0.368. The molecule has 3 unspecified atom stereocenters. The molecule has 2 aliphatic rings. The lowest BCUT2D eigenvalue weighted by Gasteiger charge is -2.58. The van der Waals surface area contributed by atoms with Gasteiger partial charge in [-0.3, -0.25) is 9.45 Å². The number of nitrogens with two attached hydrogens (primary N) is 1. The molecule has 0 saturated heterocycles. The van der Waals surface area contributed by atoms with E-state index in [1.807, 2.05) is 0 Å². The number of benzene rings is 2. The van der Waals surface area contributed by atoms with Crippen molar-refractivity contribution in [1.82, 2.24) is 0 Å². The van der Waals surface area contributed by atoms with Gasteiger partial charge in [0.05, 0.1) is 11.3 Å². The zero-order chi connectivity index (χ0) is 23.7. The quantitative estimate of drug-likeness (QED) is 0.348. The van der Waals surface area contributed by atoms with Crippen LogP contribution in [0.15, 0.2) is 36.4 Å². The number of hydrogen-bond acceptors (Lipinski definition) is 9. The fourth-order valence-electron chi connectivity index (χ4n) is 4.56. The predicted octanol–water partition coefficient (Wildman–Crippen LogP) is 1.95. The molecule has 0 bridgehead atoms. The number of ether oxygens (including phenoxy) is 4. The average Bonchev–Trinajstić information content (AvgIpc) is 3.09. The molecule has 0 amide bonds. The Morgan fingerprint density at radius 2 is 1.78 bits per heavy atom. The fraction of sp³-hybridized carbons (Fsp3) is 0.429. The summed E-state index contributed by atoms with van der Waals surface area (Å²) in [7, 11) is -2.33. The lowest BCUT2D eigenvalue weighted by Crippen LogP contribution is -2.77. The minimum atomic E-state index is -4.85. The van der Waals surface area contributed by atoms with Crippen molar-refractivity contribution in [2.45, 2.75) is 43.4 Å². The number of aryl methyl sites for hydroxylation is 1. The number of hydrogen-bond donors (Lipinski definition) is 3. The van der Waals surface area contributed by atoms with Crippen molar-refractivity contribution < 1.29 is 37.0 Å². The first kappa shape index (κ1) is 22.6. The Labute approximate surface area is 186 Å². The van der Waals surface area contributed by atoms with Crippen molar-refractivity contribution >= 4 is 21.5 Å². The zero-order valence-corrected chi connectivity index (χ0v) is 19.1. The summed E-state index contributed by atoms with van der Waals surface area (Å²) in [6.07, 6.45) is 0. The molecular weight excluding hydrogens is 440 g/mol. The summed E-state index contributed by atoms with van der Waals surface area (Å²) in [5.41, 5.74) is 2.09. The van der Waals surface area contributed by atoms with E-state index in [0.717, 1.165) is 10.5 Å². The van der Waals surface area contributed by atoms with Gasteiger partial charge in [0, 0.05) is 19.9 Å². The van der Waals surface area contributed by atoms with Crippen LogP contribution in [0, 0.1) is 6.92 Å². The van der Waals surface area contributed by atoms with E-state index >= 15 is 0 Å². The van der Waals surface area contributed by atoms with Crippen LogP contribution < -0.4 is 20.1 Å². The Morgan fingerprint density at radius 3 is 2.38 bits per heavy atom. The minimum Gasteiger partial charge on any atom is -0.482 e. The molecule has 0 saturated carbocycles. The van der Waals surface area contributed by atoms with Crippen LogP contribution in [0.1, 0.15) is 25.0 Å². The van der Waals surface area contributed by atoms with Crippen molar-refractivity contribution in [2.75, 3.05) is 24.9 Å². The summed E-state index contributed by atoms with van der Waals surface area (Å²) < 4.78 is 58.4. The van der Waals surface area contributed by atoms with E-state index in [-0.39, 0.29) is 22.7 Å². The smallest absolute Gasteiger partial charge is 0.324 e. The Morgan fingerprint density at radius 1 is 1.09 bits per heavy atom. The van der Waals surface area contributed by atoms with Gasteiger partial charge in [0.15, 0.2) is 5.60 Å². The van der Waals surface area contributed by atoms with Gasteiger partial charge in [0.1, 0.15) is 11.5 Å². The van der Waals surface area contributed by atoms with E-state index in [1.54, 1.807) is 51.1 Å². The molecule has 2 heterocycles. The van der Waals surface area contributed by atoms with E-state index in [0.29, 0.717) is 5.69 Å². The molecule has 0 aliphatic carbocycles. The average molecular weight is 467 g/mol. The van der Waals surface area contributed by atoms with Gasteiger partial charge in [0.25, 0.3) is 5.79 Å². The van der Waals surface area contributed by atoms with E-state index in [2.05, 4.69) is 0 Å². The predicted molar refractivity (Wildman–Crippen MR) is 116 cm³/mol. The van der Waals surface area contributed by atoms with Gasteiger partial charge >= 0.3 is 15.7 Å². The van der Waals surface area contributed by atoms with Crippen LogP contribution >= 0.6 is 0 Å². The van der Waals surface area contributed by atoms with Crippen molar-refractivity contribution in [3.8, 4) is 11.5 Å². The summed E-state index contributed by atoms with van der Waals surface area (Å²) in [4.78, 5) is 1.14. The molecule has 2 aromatic carbocycles. The molecule has 3 atom stereocenters. The van der Waals surface area contributed by atoms with Gasteiger partial charge in [-0.1, -0.05) is 6.07 Å². The van der Waals surface area contributed by atoms with Crippen LogP contribution in [0.5, 0.6) is 11.5 Å². The second kappa shape index (κ2) is 6.96. The van der Waals surface area contributed by atoms with Crippen LogP contribution in [0.2, 0.25) is 0 Å². The SMILES string of the molecule is COC1(N2c3ccc(C)cc3OC2S(=O)(=O)O)c2cc(N)ccc2OC(C)(C)C1(O)OC. The number of nitrogen functional groups attached to an aromatic ring is 1. The Kier molecular flexibility index (Phi) is 4.92. The largest absolute Gasteiger partial charge is 0.482 e. The third-order valence-electron chi connectivity index (χ3n) is 6.01.